The molecule has 1 N–H and O–H groups in total. The molecule has 14 heavy (non-hydrogen) atoms. The van der Waals surface area contributed by atoms with Crippen LogP contribution in [0.2, 0.25) is 0 Å². The molecule has 0 aliphatic carbocycles. The Morgan fingerprint density at radius 2 is 1.93 bits per heavy atom. The van der Waals surface area contributed by atoms with Gasteiger partial charge in [0.05, 0.1) is 19.3 Å². The summed E-state index contributed by atoms with van der Waals surface area (Å²) in [5, 5.41) is 3.08. The zero-order valence-corrected chi connectivity index (χ0v) is 7.99. The molecular formula is C9H14N2O3. The van der Waals surface area contributed by atoms with Crippen molar-refractivity contribution >= 4 is 11.8 Å². The molecule has 0 bridgehead atoms. The van der Waals surface area contributed by atoms with Crippen LogP contribution in [0.5, 0.6) is 0 Å². The Balaban J connectivity index is 1.68. The zero-order chi connectivity index (χ0) is 9.97. The molecule has 2 aliphatic rings. The number of carbonyl (C=O) groups is 2. The number of hydrogen-bond acceptors (Lipinski definition) is 4. The van der Waals surface area contributed by atoms with E-state index in [2.05, 4.69) is 5.32 Å². The van der Waals surface area contributed by atoms with Crippen LogP contribution in [-0.4, -0.2) is 49.1 Å². The van der Waals surface area contributed by atoms with Crippen molar-refractivity contribution in [1.82, 2.24) is 10.2 Å². The van der Waals surface area contributed by atoms with Crippen LogP contribution in [0.15, 0.2) is 0 Å². The van der Waals surface area contributed by atoms with Gasteiger partial charge in [-0.25, -0.2) is 0 Å². The third-order valence-electron chi connectivity index (χ3n) is 2.57. The normalized spacial score (nSPS) is 23.0. The number of ether oxygens (including phenoxy) is 1. The largest absolute Gasteiger partial charge is 0.374 e. The van der Waals surface area contributed by atoms with Crippen LogP contribution in [0, 0.1) is 0 Å². The molecule has 0 radical (unpaired) electrons. The summed E-state index contributed by atoms with van der Waals surface area (Å²) in [6.45, 7) is 2.63. The van der Waals surface area contributed by atoms with Crippen LogP contribution in [0.4, 0.5) is 0 Å². The van der Waals surface area contributed by atoms with Gasteiger partial charge in [0, 0.05) is 25.9 Å². The van der Waals surface area contributed by atoms with E-state index in [1.54, 1.807) is 0 Å². The molecule has 5 heteroatoms. The standard InChI is InChI=1S/C9H14N2O3/c12-8-1-2-9(13)11(8)3-4-14-7-5-10-6-7/h7,10H,1-6H2. The Kier molecular flexibility index (Phi) is 2.79. The fourth-order valence-electron chi connectivity index (χ4n) is 1.56. The Morgan fingerprint density at radius 3 is 2.43 bits per heavy atom. The van der Waals surface area contributed by atoms with Gasteiger partial charge in [-0.05, 0) is 0 Å². The van der Waals surface area contributed by atoms with E-state index in [1.165, 1.54) is 4.90 Å². The van der Waals surface area contributed by atoms with Crippen molar-refractivity contribution in [3.05, 3.63) is 0 Å². The highest BCUT2D eigenvalue weighted by Crippen LogP contribution is 2.11. The first-order chi connectivity index (χ1) is 6.77. The lowest BCUT2D eigenvalue weighted by Gasteiger charge is -2.27. The van der Waals surface area contributed by atoms with Crippen molar-refractivity contribution in [3.8, 4) is 0 Å². The predicted octanol–water partition coefficient (Wildman–Crippen LogP) is -0.876. The summed E-state index contributed by atoms with van der Waals surface area (Å²) in [5.41, 5.74) is 0. The molecule has 0 aromatic rings. The second-order valence-corrected chi connectivity index (χ2v) is 3.59. The van der Waals surface area contributed by atoms with E-state index in [4.69, 9.17) is 4.74 Å². The minimum absolute atomic E-state index is 0.0645. The highest BCUT2D eigenvalue weighted by Gasteiger charge is 2.28. The molecular weight excluding hydrogens is 184 g/mol. The van der Waals surface area contributed by atoms with E-state index in [0.717, 1.165) is 13.1 Å². The van der Waals surface area contributed by atoms with Crippen LogP contribution < -0.4 is 5.32 Å². The fourth-order valence-corrected chi connectivity index (χ4v) is 1.56. The van der Waals surface area contributed by atoms with Gasteiger partial charge in [-0.3, -0.25) is 14.5 Å². The average molecular weight is 198 g/mol. The molecule has 0 aromatic heterocycles. The number of nitrogens with zero attached hydrogens (tertiary/aromatic N) is 1. The first-order valence-electron chi connectivity index (χ1n) is 4.93. The molecule has 78 valence electrons. The first kappa shape index (κ1) is 9.61. The second kappa shape index (κ2) is 4.06. The van der Waals surface area contributed by atoms with E-state index < -0.39 is 0 Å². The van der Waals surface area contributed by atoms with Gasteiger partial charge in [0.25, 0.3) is 0 Å². The van der Waals surface area contributed by atoms with Crippen LogP contribution in [0.25, 0.3) is 0 Å². The highest BCUT2D eigenvalue weighted by molar-refractivity contribution is 6.01. The first-order valence-corrected chi connectivity index (χ1v) is 4.93. The minimum atomic E-state index is -0.0645. The van der Waals surface area contributed by atoms with Crippen LogP contribution in [-0.2, 0) is 14.3 Å². The molecule has 5 nitrogen and oxygen atoms in total. The molecule has 2 fully saturated rings. The Hall–Kier alpha value is -0.940. The lowest BCUT2D eigenvalue weighted by atomic mass is 10.2. The van der Waals surface area contributed by atoms with Crippen molar-refractivity contribution < 1.29 is 14.3 Å². The van der Waals surface area contributed by atoms with Crippen LogP contribution in [0.3, 0.4) is 0 Å². The second-order valence-electron chi connectivity index (χ2n) is 3.59. The van der Waals surface area contributed by atoms with Gasteiger partial charge in [0.2, 0.25) is 11.8 Å². The maximum absolute atomic E-state index is 11.2. The van der Waals surface area contributed by atoms with Crippen molar-refractivity contribution in [2.45, 2.75) is 18.9 Å². The zero-order valence-electron chi connectivity index (χ0n) is 7.99. The number of likely N-dealkylation sites (tertiary alicyclic amines) is 1. The number of amides is 2. The summed E-state index contributed by atoms with van der Waals surface area (Å²) >= 11 is 0. The summed E-state index contributed by atoms with van der Waals surface area (Å²) in [6.07, 6.45) is 0.996. The molecule has 2 aliphatic heterocycles. The molecule has 0 saturated carbocycles. The Labute approximate surface area is 82.4 Å². The lowest BCUT2D eigenvalue weighted by Crippen LogP contribution is -2.49. The number of carbonyl (C=O) groups excluding carboxylic acids is 2. The van der Waals surface area contributed by atoms with Gasteiger partial charge in [-0.1, -0.05) is 0 Å². The average Bonchev–Trinajstić information content (AvgIpc) is 2.39. The van der Waals surface area contributed by atoms with Gasteiger partial charge in [0.15, 0.2) is 0 Å². The molecule has 0 spiro atoms. The fraction of sp³-hybridized carbons (Fsp3) is 0.778. The van der Waals surface area contributed by atoms with Crippen LogP contribution >= 0.6 is 0 Å². The quantitative estimate of drug-likeness (QED) is 0.596. The van der Waals surface area contributed by atoms with Gasteiger partial charge < -0.3 is 10.1 Å². The molecule has 2 saturated heterocycles. The molecule has 0 unspecified atom stereocenters. The molecule has 2 rings (SSSR count). The van der Waals surface area contributed by atoms with Gasteiger partial charge in [-0.2, -0.15) is 0 Å². The van der Waals surface area contributed by atoms with Crippen molar-refractivity contribution in [2.75, 3.05) is 26.2 Å². The molecule has 2 heterocycles. The maximum Gasteiger partial charge on any atom is 0.229 e. The maximum atomic E-state index is 11.2. The summed E-state index contributed by atoms with van der Waals surface area (Å²) in [4.78, 5) is 23.7. The Morgan fingerprint density at radius 1 is 1.29 bits per heavy atom. The minimum Gasteiger partial charge on any atom is -0.374 e. The van der Waals surface area contributed by atoms with E-state index in [1.807, 2.05) is 0 Å². The van der Waals surface area contributed by atoms with Crippen molar-refractivity contribution in [2.24, 2.45) is 0 Å². The molecule has 2 amide bonds. The number of imide groups is 1. The Bertz CT molecular complexity index is 234. The van der Waals surface area contributed by atoms with E-state index in [-0.39, 0.29) is 17.9 Å². The van der Waals surface area contributed by atoms with E-state index in [9.17, 15) is 9.59 Å². The lowest BCUT2D eigenvalue weighted by molar-refractivity contribution is -0.139. The van der Waals surface area contributed by atoms with E-state index >= 15 is 0 Å². The monoisotopic (exact) mass is 198 g/mol. The van der Waals surface area contributed by atoms with Crippen molar-refractivity contribution in [1.29, 1.82) is 0 Å². The highest BCUT2D eigenvalue weighted by atomic mass is 16.5. The summed E-state index contributed by atoms with van der Waals surface area (Å²) in [6, 6.07) is 0. The third-order valence-corrected chi connectivity index (χ3v) is 2.57. The molecule has 0 atom stereocenters. The summed E-state index contributed by atoms with van der Waals surface area (Å²) in [5.74, 6) is -0.129. The topological polar surface area (TPSA) is 58.6 Å². The number of nitrogens with one attached hydrogen (secondary N) is 1. The van der Waals surface area contributed by atoms with E-state index in [0.29, 0.717) is 26.0 Å². The van der Waals surface area contributed by atoms with Gasteiger partial charge >= 0.3 is 0 Å². The van der Waals surface area contributed by atoms with Crippen molar-refractivity contribution in [3.63, 3.8) is 0 Å². The van der Waals surface area contributed by atoms with Crippen LogP contribution in [0.1, 0.15) is 12.8 Å². The summed E-state index contributed by atoms with van der Waals surface area (Å²) in [7, 11) is 0. The predicted molar refractivity (Wildman–Crippen MR) is 48.6 cm³/mol. The SMILES string of the molecule is O=C1CCC(=O)N1CCOC1CNC1. The number of hydrogen-bond donors (Lipinski definition) is 1. The smallest absolute Gasteiger partial charge is 0.229 e. The number of rotatable bonds is 4. The third kappa shape index (κ3) is 1.93. The van der Waals surface area contributed by atoms with Gasteiger partial charge in [-0.15, -0.1) is 0 Å². The van der Waals surface area contributed by atoms with Gasteiger partial charge in [0.1, 0.15) is 0 Å². The molecule has 0 aromatic carbocycles. The summed E-state index contributed by atoms with van der Waals surface area (Å²) < 4.78 is 5.43.